The van der Waals surface area contributed by atoms with Crippen LogP contribution in [0.4, 0.5) is 0 Å². The summed E-state index contributed by atoms with van der Waals surface area (Å²) >= 11 is 5.81. The molecule has 0 saturated heterocycles. The van der Waals surface area contributed by atoms with Gasteiger partial charge in [-0.1, -0.05) is 44.5 Å². The summed E-state index contributed by atoms with van der Waals surface area (Å²) in [5.74, 6) is -1.99. The van der Waals surface area contributed by atoms with Gasteiger partial charge in [-0.3, -0.25) is 4.79 Å². The van der Waals surface area contributed by atoms with Gasteiger partial charge in [0, 0.05) is 5.02 Å². The van der Waals surface area contributed by atoms with Crippen molar-refractivity contribution in [1.29, 1.82) is 0 Å². The molecule has 0 aliphatic carbocycles. The van der Waals surface area contributed by atoms with Crippen LogP contribution >= 0.6 is 11.6 Å². The Morgan fingerprint density at radius 3 is 2.17 bits per heavy atom. The maximum atomic E-state index is 11.4. The first-order chi connectivity index (χ1) is 8.32. The minimum absolute atomic E-state index is 0.164. The number of rotatable bonds is 5. The molecular formula is C14H19ClO3. The third-order valence-corrected chi connectivity index (χ3v) is 3.58. The molecule has 18 heavy (non-hydrogen) atoms. The normalized spacial score (nSPS) is 16.3. The first-order valence-electron chi connectivity index (χ1n) is 6.04. The van der Waals surface area contributed by atoms with Gasteiger partial charge >= 0.3 is 5.97 Å². The van der Waals surface area contributed by atoms with Crippen LogP contribution < -0.4 is 0 Å². The molecule has 2 unspecified atom stereocenters. The molecule has 0 aromatic heterocycles. The van der Waals surface area contributed by atoms with Gasteiger partial charge in [0.2, 0.25) is 0 Å². The van der Waals surface area contributed by atoms with Crippen LogP contribution in [0.1, 0.15) is 32.8 Å². The van der Waals surface area contributed by atoms with Crippen LogP contribution in [0.5, 0.6) is 0 Å². The monoisotopic (exact) mass is 270 g/mol. The fourth-order valence-electron chi connectivity index (χ4n) is 2.38. The van der Waals surface area contributed by atoms with Crippen LogP contribution in [0.15, 0.2) is 24.3 Å². The Kier molecular flexibility index (Phi) is 4.77. The van der Waals surface area contributed by atoms with Gasteiger partial charge in [-0.2, -0.15) is 0 Å². The number of carboxylic acids is 1. The van der Waals surface area contributed by atoms with Crippen molar-refractivity contribution in [3.05, 3.63) is 34.9 Å². The Balaban J connectivity index is 3.26. The second kappa shape index (κ2) is 5.72. The van der Waals surface area contributed by atoms with Crippen LogP contribution in [-0.2, 0) is 10.4 Å². The zero-order chi connectivity index (χ0) is 13.9. The fourth-order valence-corrected chi connectivity index (χ4v) is 2.51. The number of halogens is 1. The predicted molar refractivity (Wildman–Crippen MR) is 71.6 cm³/mol. The lowest BCUT2D eigenvalue weighted by Crippen LogP contribution is -2.42. The van der Waals surface area contributed by atoms with Crippen molar-refractivity contribution in [2.45, 2.75) is 32.8 Å². The Morgan fingerprint density at radius 2 is 1.83 bits per heavy atom. The molecular weight excluding hydrogens is 252 g/mol. The standard InChI is InChI=1S/C14H19ClO3/c1-4-14(18,12(9(2)3)13(16)17)10-5-7-11(15)8-6-10/h5-9,12,18H,4H2,1-3H3,(H,16,17). The van der Waals surface area contributed by atoms with E-state index in [1.807, 2.05) is 0 Å². The molecule has 0 amide bonds. The highest BCUT2D eigenvalue weighted by Gasteiger charge is 2.43. The number of benzene rings is 1. The van der Waals surface area contributed by atoms with Crippen molar-refractivity contribution in [3.63, 3.8) is 0 Å². The van der Waals surface area contributed by atoms with E-state index in [2.05, 4.69) is 0 Å². The minimum atomic E-state index is -1.37. The second-order valence-electron chi connectivity index (χ2n) is 4.84. The van der Waals surface area contributed by atoms with E-state index in [1.165, 1.54) is 0 Å². The molecule has 1 aromatic carbocycles. The highest BCUT2D eigenvalue weighted by molar-refractivity contribution is 6.30. The van der Waals surface area contributed by atoms with Crippen LogP contribution in [0.2, 0.25) is 5.02 Å². The van der Waals surface area contributed by atoms with E-state index in [1.54, 1.807) is 45.0 Å². The van der Waals surface area contributed by atoms with Crippen molar-refractivity contribution in [3.8, 4) is 0 Å². The molecule has 1 aromatic rings. The summed E-state index contributed by atoms with van der Waals surface area (Å²) in [6.45, 7) is 5.39. The third kappa shape index (κ3) is 2.85. The van der Waals surface area contributed by atoms with Gasteiger partial charge in [-0.05, 0) is 30.0 Å². The summed E-state index contributed by atoms with van der Waals surface area (Å²) in [4.78, 5) is 11.4. The zero-order valence-electron chi connectivity index (χ0n) is 10.9. The fraction of sp³-hybridized carbons (Fsp3) is 0.500. The first kappa shape index (κ1) is 15.0. The molecule has 0 bridgehead atoms. The molecule has 0 aliphatic heterocycles. The lowest BCUT2D eigenvalue weighted by molar-refractivity contribution is -0.157. The largest absolute Gasteiger partial charge is 0.481 e. The molecule has 0 spiro atoms. The topological polar surface area (TPSA) is 57.5 Å². The first-order valence-corrected chi connectivity index (χ1v) is 6.42. The number of aliphatic carboxylic acids is 1. The van der Waals surface area contributed by atoms with Crippen LogP contribution in [0.3, 0.4) is 0 Å². The van der Waals surface area contributed by atoms with Gasteiger partial charge in [0.05, 0.1) is 5.92 Å². The van der Waals surface area contributed by atoms with E-state index >= 15 is 0 Å². The molecule has 4 heteroatoms. The van der Waals surface area contributed by atoms with E-state index in [9.17, 15) is 15.0 Å². The van der Waals surface area contributed by atoms with E-state index in [-0.39, 0.29) is 5.92 Å². The second-order valence-corrected chi connectivity index (χ2v) is 5.28. The van der Waals surface area contributed by atoms with Crippen molar-refractivity contribution in [1.82, 2.24) is 0 Å². The molecule has 0 heterocycles. The molecule has 2 N–H and O–H groups in total. The lowest BCUT2D eigenvalue weighted by atomic mass is 9.74. The van der Waals surface area contributed by atoms with E-state index in [4.69, 9.17) is 11.6 Å². The van der Waals surface area contributed by atoms with Gasteiger partial charge < -0.3 is 10.2 Å². The van der Waals surface area contributed by atoms with Crippen molar-refractivity contribution < 1.29 is 15.0 Å². The van der Waals surface area contributed by atoms with E-state index in [0.29, 0.717) is 17.0 Å². The Morgan fingerprint density at radius 1 is 1.33 bits per heavy atom. The van der Waals surface area contributed by atoms with Crippen LogP contribution in [-0.4, -0.2) is 16.2 Å². The molecule has 3 nitrogen and oxygen atoms in total. The van der Waals surface area contributed by atoms with Crippen LogP contribution in [0.25, 0.3) is 0 Å². The predicted octanol–water partition coefficient (Wildman–Crippen LogP) is 3.29. The smallest absolute Gasteiger partial charge is 0.310 e. The molecule has 0 saturated carbocycles. The van der Waals surface area contributed by atoms with Crippen molar-refractivity contribution in [2.24, 2.45) is 11.8 Å². The summed E-state index contributed by atoms with van der Waals surface area (Å²) < 4.78 is 0. The van der Waals surface area contributed by atoms with Crippen molar-refractivity contribution in [2.75, 3.05) is 0 Å². The highest BCUT2D eigenvalue weighted by Crippen LogP contribution is 2.38. The number of aliphatic hydroxyl groups is 1. The summed E-state index contributed by atoms with van der Waals surface area (Å²) in [6, 6.07) is 6.70. The molecule has 0 aliphatic rings. The number of hydrogen-bond acceptors (Lipinski definition) is 2. The molecule has 0 fully saturated rings. The third-order valence-electron chi connectivity index (χ3n) is 3.33. The Labute approximate surface area is 112 Å². The van der Waals surface area contributed by atoms with Gasteiger partial charge in [-0.15, -0.1) is 0 Å². The molecule has 0 radical (unpaired) electrons. The van der Waals surface area contributed by atoms with Gasteiger partial charge in [0.1, 0.15) is 5.60 Å². The number of carbonyl (C=O) groups is 1. The number of carboxylic acid groups (broad SMARTS) is 1. The summed E-state index contributed by atoms with van der Waals surface area (Å²) in [5.41, 5.74) is -0.777. The Bertz CT molecular complexity index is 414. The molecule has 100 valence electrons. The van der Waals surface area contributed by atoms with Gasteiger partial charge in [0.25, 0.3) is 0 Å². The van der Waals surface area contributed by atoms with E-state index < -0.39 is 17.5 Å². The van der Waals surface area contributed by atoms with Gasteiger partial charge in [-0.25, -0.2) is 0 Å². The van der Waals surface area contributed by atoms with Crippen molar-refractivity contribution >= 4 is 17.6 Å². The van der Waals surface area contributed by atoms with Crippen LogP contribution in [0, 0.1) is 11.8 Å². The average molecular weight is 271 g/mol. The summed E-state index contributed by atoms with van der Waals surface area (Å²) in [7, 11) is 0. The lowest BCUT2D eigenvalue weighted by Gasteiger charge is -2.35. The highest BCUT2D eigenvalue weighted by atomic mass is 35.5. The molecule has 1 rings (SSSR count). The number of hydrogen-bond donors (Lipinski definition) is 2. The van der Waals surface area contributed by atoms with Gasteiger partial charge in [0.15, 0.2) is 0 Å². The Hall–Kier alpha value is -1.06. The summed E-state index contributed by atoms with van der Waals surface area (Å²) in [6.07, 6.45) is 0.337. The maximum Gasteiger partial charge on any atom is 0.310 e. The zero-order valence-corrected chi connectivity index (χ0v) is 11.6. The maximum absolute atomic E-state index is 11.4. The minimum Gasteiger partial charge on any atom is -0.481 e. The quantitative estimate of drug-likeness (QED) is 0.863. The average Bonchev–Trinajstić information content (AvgIpc) is 2.28. The summed E-state index contributed by atoms with van der Waals surface area (Å²) in [5, 5.41) is 20.7. The van der Waals surface area contributed by atoms with E-state index in [0.717, 1.165) is 0 Å². The molecule has 2 atom stereocenters. The SMILES string of the molecule is CCC(O)(c1ccc(Cl)cc1)C(C(=O)O)C(C)C.